The molecule has 1 unspecified atom stereocenters. The van der Waals surface area contributed by atoms with E-state index in [9.17, 15) is 5.11 Å². The molecule has 0 bridgehead atoms. The maximum Gasteiger partial charge on any atom is 0.122 e. The van der Waals surface area contributed by atoms with Gasteiger partial charge in [0, 0.05) is 0 Å². The second-order valence-electron chi connectivity index (χ2n) is 5.74. The van der Waals surface area contributed by atoms with E-state index in [1.54, 1.807) is 0 Å². The molecular weight excluding hydrogens is 260 g/mol. The lowest BCUT2D eigenvalue weighted by Gasteiger charge is -2.16. The number of aliphatic hydroxyl groups is 1. The largest absolute Gasteiger partial charge is 0.491 e. The van der Waals surface area contributed by atoms with E-state index in [1.165, 1.54) is 5.56 Å². The molecule has 0 heterocycles. The van der Waals surface area contributed by atoms with Crippen LogP contribution in [0, 0.1) is 6.92 Å². The Labute approximate surface area is 127 Å². The van der Waals surface area contributed by atoms with Gasteiger partial charge in [0.25, 0.3) is 0 Å². The van der Waals surface area contributed by atoms with E-state index in [1.807, 2.05) is 56.3 Å². The van der Waals surface area contributed by atoms with Crippen LogP contribution in [0.3, 0.4) is 0 Å². The minimum atomic E-state index is -0.433. The van der Waals surface area contributed by atoms with Crippen LogP contribution in [-0.4, -0.2) is 11.2 Å². The Morgan fingerprint density at radius 3 is 2.33 bits per heavy atom. The van der Waals surface area contributed by atoms with Gasteiger partial charge in [0.2, 0.25) is 0 Å². The molecule has 1 N–H and O–H groups in total. The first-order chi connectivity index (χ1) is 10.1. The zero-order valence-electron chi connectivity index (χ0n) is 13.0. The van der Waals surface area contributed by atoms with Crippen molar-refractivity contribution in [3.63, 3.8) is 0 Å². The van der Waals surface area contributed by atoms with Gasteiger partial charge in [-0.05, 0) is 50.8 Å². The summed E-state index contributed by atoms with van der Waals surface area (Å²) in [6.07, 6.45) is 1.23. The Hall–Kier alpha value is -1.80. The van der Waals surface area contributed by atoms with Crippen LogP contribution >= 0.6 is 0 Å². The summed E-state index contributed by atoms with van der Waals surface area (Å²) in [5.74, 6) is 0.920. The Morgan fingerprint density at radius 1 is 1.00 bits per heavy atom. The molecule has 0 saturated carbocycles. The first-order valence-corrected chi connectivity index (χ1v) is 7.55. The van der Waals surface area contributed by atoms with E-state index >= 15 is 0 Å². The predicted molar refractivity (Wildman–Crippen MR) is 86.7 cm³/mol. The lowest BCUT2D eigenvalue weighted by Crippen LogP contribution is -2.08. The Kier molecular flexibility index (Phi) is 5.40. The van der Waals surface area contributed by atoms with Crippen LogP contribution in [0.1, 0.15) is 43.1 Å². The SMILES string of the molecule is Cc1ccc(C(O)CCc2ccccc2OC(C)C)cc1. The van der Waals surface area contributed by atoms with Crippen molar-refractivity contribution in [3.05, 3.63) is 65.2 Å². The van der Waals surface area contributed by atoms with Gasteiger partial charge in [0.1, 0.15) is 5.75 Å². The zero-order chi connectivity index (χ0) is 15.2. The second-order valence-corrected chi connectivity index (χ2v) is 5.74. The number of ether oxygens (including phenoxy) is 1. The van der Waals surface area contributed by atoms with Gasteiger partial charge in [0.05, 0.1) is 12.2 Å². The molecule has 2 nitrogen and oxygen atoms in total. The van der Waals surface area contributed by atoms with Gasteiger partial charge in [0.15, 0.2) is 0 Å². The average Bonchev–Trinajstić information content (AvgIpc) is 2.46. The fourth-order valence-electron chi connectivity index (χ4n) is 2.33. The molecule has 0 amide bonds. The van der Waals surface area contributed by atoms with Crippen LogP contribution in [-0.2, 0) is 6.42 Å². The first-order valence-electron chi connectivity index (χ1n) is 7.55. The maximum atomic E-state index is 10.3. The summed E-state index contributed by atoms with van der Waals surface area (Å²) in [5.41, 5.74) is 3.34. The summed E-state index contributed by atoms with van der Waals surface area (Å²) in [6.45, 7) is 6.10. The summed E-state index contributed by atoms with van der Waals surface area (Å²) in [4.78, 5) is 0. The number of aryl methyl sites for hydroxylation is 2. The topological polar surface area (TPSA) is 29.5 Å². The summed E-state index contributed by atoms with van der Waals surface area (Å²) in [5, 5.41) is 10.3. The maximum absolute atomic E-state index is 10.3. The first kappa shape index (κ1) is 15.6. The smallest absolute Gasteiger partial charge is 0.122 e. The molecule has 0 saturated heterocycles. The third kappa shape index (κ3) is 4.61. The lowest BCUT2D eigenvalue weighted by atomic mass is 10.00. The normalized spacial score (nSPS) is 12.4. The van der Waals surface area contributed by atoms with E-state index < -0.39 is 6.10 Å². The number of aliphatic hydroxyl groups excluding tert-OH is 1. The molecule has 0 aromatic heterocycles. The number of hydrogen-bond acceptors (Lipinski definition) is 2. The van der Waals surface area contributed by atoms with Crippen molar-refractivity contribution < 1.29 is 9.84 Å². The lowest BCUT2D eigenvalue weighted by molar-refractivity contribution is 0.167. The molecule has 0 radical (unpaired) electrons. The van der Waals surface area contributed by atoms with E-state index in [-0.39, 0.29) is 6.10 Å². The molecule has 1 atom stereocenters. The van der Waals surface area contributed by atoms with Gasteiger partial charge < -0.3 is 9.84 Å². The molecule has 2 aromatic rings. The standard InChI is InChI=1S/C19H24O2/c1-14(2)21-19-7-5-4-6-17(19)12-13-18(20)16-10-8-15(3)9-11-16/h4-11,14,18,20H,12-13H2,1-3H3. The fourth-order valence-corrected chi connectivity index (χ4v) is 2.33. The average molecular weight is 284 g/mol. The molecule has 0 spiro atoms. The Morgan fingerprint density at radius 2 is 1.67 bits per heavy atom. The van der Waals surface area contributed by atoms with Crippen molar-refractivity contribution in [2.75, 3.05) is 0 Å². The van der Waals surface area contributed by atoms with Gasteiger partial charge >= 0.3 is 0 Å². The third-order valence-corrected chi connectivity index (χ3v) is 3.48. The predicted octanol–water partition coefficient (Wildman–Crippen LogP) is 4.45. The molecule has 2 rings (SSSR count). The van der Waals surface area contributed by atoms with E-state index in [0.29, 0.717) is 6.42 Å². The number of benzene rings is 2. The van der Waals surface area contributed by atoms with Crippen LogP contribution in [0.15, 0.2) is 48.5 Å². The molecule has 2 heteroatoms. The molecule has 0 fully saturated rings. The van der Waals surface area contributed by atoms with Crippen molar-refractivity contribution in [1.29, 1.82) is 0 Å². The van der Waals surface area contributed by atoms with Crippen molar-refractivity contribution in [2.24, 2.45) is 0 Å². The van der Waals surface area contributed by atoms with Crippen molar-refractivity contribution in [3.8, 4) is 5.75 Å². The quantitative estimate of drug-likeness (QED) is 0.849. The second kappa shape index (κ2) is 7.28. The van der Waals surface area contributed by atoms with E-state index in [0.717, 1.165) is 23.3 Å². The van der Waals surface area contributed by atoms with Crippen molar-refractivity contribution in [1.82, 2.24) is 0 Å². The van der Waals surface area contributed by atoms with Gasteiger partial charge in [-0.2, -0.15) is 0 Å². The van der Waals surface area contributed by atoms with Crippen molar-refractivity contribution >= 4 is 0 Å². The molecule has 2 aromatic carbocycles. The molecule has 0 aliphatic rings. The number of rotatable bonds is 6. The third-order valence-electron chi connectivity index (χ3n) is 3.48. The van der Waals surface area contributed by atoms with Crippen LogP contribution in [0.2, 0.25) is 0 Å². The molecule has 0 aliphatic heterocycles. The summed E-state index contributed by atoms with van der Waals surface area (Å²) in [7, 11) is 0. The van der Waals surface area contributed by atoms with Gasteiger partial charge in [-0.3, -0.25) is 0 Å². The Bertz CT molecular complexity index is 558. The van der Waals surface area contributed by atoms with E-state index in [4.69, 9.17) is 4.74 Å². The minimum Gasteiger partial charge on any atom is -0.491 e. The van der Waals surface area contributed by atoms with Crippen LogP contribution in [0.5, 0.6) is 5.75 Å². The summed E-state index contributed by atoms with van der Waals surface area (Å²) >= 11 is 0. The highest BCUT2D eigenvalue weighted by molar-refractivity contribution is 5.34. The van der Waals surface area contributed by atoms with Gasteiger partial charge in [-0.1, -0.05) is 48.0 Å². The summed E-state index contributed by atoms with van der Waals surface area (Å²) < 4.78 is 5.82. The number of hydrogen-bond donors (Lipinski definition) is 1. The molecule has 21 heavy (non-hydrogen) atoms. The minimum absolute atomic E-state index is 0.160. The van der Waals surface area contributed by atoms with Gasteiger partial charge in [-0.25, -0.2) is 0 Å². The van der Waals surface area contributed by atoms with Crippen molar-refractivity contribution in [2.45, 2.75) is 45.8 Å². The highest BCUT2D eigenvalue weighted by Gasteiger charge is 2.10. The number of para-hydroxylation sites is 1. The zero-order valence-corrected chi connectivity index (χ0v) is 13.0. The van der Waals surface area contributed by atoms with Gasteiger partial charge in [-0.15, -0.1) is 0 Å². The highest BCUT2D eigenvalue weighted by Crippen LogP contribution is 2.25. The fraction of sp³-hybridized carbons (Fsp3) is 0.368. The van der Waals surface area contributed by atoms with E-state index in [2.05, 4.69) is 13.0 Å². The van der Waals surface area contributed by atoms with Crippen LogP contribution < -0.4 is 4.74 Å². The van der Waals surface area contributed by atoms with Crippen LogP contribution in [0.25, 0.3) is 0 Å². The molecule has 112 valence electrons. The monoisotopic (exact) mass is 284 g/mol. The molecular formula is C19H24O2. The van der Waals surface area contributed by atoms with Crippen LogP contribution in [0.4, 0.5) is 0 Å². The Balaban J connectivity index is 2.01. The summed E-state index contributed by atoms with van der Waals surface area (Å²) in [6, 6.07) is 16.1. The molecule has 0 aliphatic carbocycles. The highest BCUT2D eigenvalue weighted by atomic mass is 16.5.